The van der Waals surface area contributed by atoms with E-state index in [0.717, 1.165) is 50.6 Å². The molecular formula is C34H37AlF2N5O4. The minimum atomic E-state index is -0.670. The molecular weight excluding hydrogens is 607 g/mol. The largest absolute Gasteiger partial charge is 0.508 e. The predicted molar refractivity (Wildman–Crippen MR) is 172 cm³/mol. The number of aryl methyl sites for hydroxylation is 1. The number of phenolic OH excluding ortho intramolecular Hbond substituents is 1. The van der Waals surface area contributed by atoms with Gasteiger partial charge in [-0.05, 0) is 85.0 Å². The molecule has 3 aliphatic rings. The zero-order valence-electron chi connectivity index (χ0n) is 26.2. The van der Waals surface area contributed by atoms with E-state index in [0.29, 0.717) is 52.7 Å². The first kappa shape index (κ1) is 31.0. The molecule has 2 unspecified atom stereocenters. The van der Waals surface area contributed by atoms with Crippen molar-refractivity contribution in [3.8, 4) is 23.0 Å². The third-order valence-electron chi connectivity index (χ3n) is 9.87. The SMILES string of the molecule is CCc1c(F)ccc2cc(O)cc(-c3ncc4c(N5CC[CH2][Al][CH2]5)nc(OCC56CCCN5C(COC(C)=O)CC6)nc4c3F)c12. The fourth-order valence-corrected chi connectivity index (χ4v) is 9.03. The first-order chi connectivity index (χ1) is 22.3. The summed E-state index contributed by atoms with van der Waals surface area (Å²) in [7, 11) is 0. The quantitative estimate of drug-likeness (QED) is 0.194. The van der Waals surface area contributed by atoms with Crippen LogP contribution in [0.15, 0.2) is 30.5 Å². The van der Waals surface area contributed by atoms with Gasteiger partial charge in [0.25, 0.3) is 0 Å². The number of pyridine rings is 1. The molecule has 7 rings (SSSR count). The Morgan fingerprint density at radius 2 is 2.04 bits per heavy atom. The van der Waals surface area contributed by atoms with Gasteiger partial charge in [0, 0.05) is 31.3 Å². The Kier molecular flexibility index (Phi) is 8.47. The maximum Gasteiger partial charge on any atom is 0.319 e. The predicted octanol–water partition coefficient (Wildman–Crippen LogP) is 5.62. The van der Waals surface area contributed by atoms with Crippen LogP contribution in [0.1, 0.15) is 51.5 Å². The lowest BCUT2D eigenvalue weighted by Crippen LogP contribution is -2.48. The number of fused-ring (bicyclic) bond motifs is 3. The molecule has 1 N–H and O–H groups in total. The van der Waals surface area contributed by atoms with E-state index in [1.54, 1.807) is 18.3 Å². The van der Waals surface area contributed by atoms with Crippen LogP contribution < -0.4 is 9.64 Å². The third-order valence-corrected chi connectivity index (χ3v) is 11.4. The number of ether oxygens (including phenoxy) is 2. The van der Waals surface area contributed by atoms with Crippen LogP contribution in [0.5, 0.6) is 11.8 Å². The molecule has 0 saturated carbocycles. The molecule has 1 radical (unpaired) electrons. The lowest BCUT2D eigenvalue weighted by atomic mass is 9.94. The first-order valence-corrected chi connectivity index (χ1v) is 17.8. The van der Waals surface area contributed by atoms with Crippen molar-refractivity contribution < 1.29 is 28.2 Å². The normalized spacial score (nSPS) is 21.5. The van der Waals surface area contributed by atoms with Crippen LogP contribution in [0.25, 0.3) is 32.9 Å². The number of anilines is 1. The summed E-state index contributed by atoms with van der Waals surface area (Å²) < 4.78 is 43.5. The zero-order chi connectivity index (χ0) is 32.0. The average Bonchev–Trinajstić information content (AvgIpc) is 3.62. The van der Waals surface area contributed by atoms with Gasteiger partial charge in [-0.1, -0.05) is 18.3 Å². The monoisotopic (exact) mass is 644 g/mol. The van der Waals surface area contributed by atoms with E-state index >= 15 is 4.39 Å². The Morgan fingerprint density at radius 1 is 1.17 bits per heavy atom. The fraction of sp³-hybridized carbons (Fsp3) is 0.471. The summed E-state index contributed by atoms with van der Waals surface area (Å²) in [5.74, 6) is -0.804. The zero-order valence-corrected chi connectivity index (χ0v) is 27.3. The van der Waals surface area contributed by atoms with Crippen molar-refractivity contribution in [2.24, 2.45) is 0 Å². The average molecular weight is 645 g/mol. The van der Waals surface area contributed by atoms with E-state index in [-0.39, 0.29) is 55.7 Å². The number of nitrogens with zero attached hydrogens (tertiary/aromatic N) is 5. The number of halogens is 2. The molecule has 0 aliphatic carbocycles. The molecule has 2 aromatic carbocycles. The highest BCUT2D eigenvalue weighted by Crippen LogP contribution is 2.43. The summed E-state index contributed by atoms with van der Waals surface area (Å²) in [5.41, 5.74) is 0.582. The molecule has 3 fully saturated rings. The van der Waals surface area contributed by atoms with Crippen LogP contribution in [0, 0.1) is 11.6 Å². The van der Waals surface area contributed by atoms with Crippen molar-refractivity contribution >= 4 is 48.7 Å². The van der Waals surface area contributed by atoms with Gasteiger partial charge in [-0.25, -0.2) is 8.78 Å². The van der Waals surface area contributed by atoms with Crippen LogP contribution in [-0.4, -0.2) is 89.4 Å². The molecule has 3 aliphatic heterocycles. The number of phenols is 1. The number of esters is 1. The summed E-state index contributed by atoms with van der Waals surface area (Å²) >= 11 is 0.214. The van der Waals surface area contributed by atoms with E-state index < -0.39 is 11.6 Å². The van der Waals surface area contributed by atoms with Gasteiger partial charge in [-0.3, -0.25) is 14.7 Å². The molecule has 0 bridgehead atoms. The second kappa shape index (κ2) is 12.5. The molecule has 0 spiro atoms. The van der Waals surface area contributed by atoms with Crippen molar-refractivity contribution in [3.63, 3.8) is 0 Å². The van der Waals surface area contributed by atoms with E-state index in [1.165, 1.54) is 24.3 Å². The summed E-state index contributed by atoms with van der Waals surface area (Å²) in [6.07, 6.45) is 6.78. The Hall–Kier alpha value is -3.59. The van der Waals surface area contributed by atoms with Crippen molar-refractivity contribution in [1.82, 2.24) is 19.9 Å². The van der Waals surface area contributed by atoms with E-state index in [9.17, 15) is 14.3 Å². The van der Waals surface area contributed by atoms with Gasteiger partial charge in [0.2, 0.25) is 15.2 Å². The van der Waals surface area contributed by atoms with E-state index in [2.05, 4.69) is 19.8 Å². The molecule has 2 aromatic heterocycles. The van der Waals surface area contributed by atoms with Crippen molar-refractivity contribution in [1.29, 1.82) is 0 Å². The van der Waals surface area contributed by atoms with Crippen LogP contribution in [0.2, 0.25) is 5.28 Å². The van der Waals surface area contributed by atoms with Gasteiger partial charge < -0.3 is 19.5 Å². The van der Waals surface area contributed by atoms with Crippen LogP contribution in [0.3, 0.4) is 0 Å². The van der Waals surface area contributed by atoms with Crippen LogP contribution >= 0.6 is 0 Å². The fourth-order valence-electron chi connectivity index (χ4n) is 7.71. The van der Waals surface area contributed by atoms with E-state index in [1.807, 2.05) is 6.92 Å². The minimum Gasteiger partial charge on any atom is -0.508 e. The van der Waals surface area contributed by atoms with Gasteiger partial charge in [-0.15, -0.1) is 0 Å². The number of hydrogen-bond acceptors (Lipinski definition) is 9. The molecule has 4 aromatic rings. The summed E-state index contributed by atoms with van der Waals surface area (Å²) in [6, 6.07) is 6.18. The lowest BCUT2D eigenvalue weighted by Gasteiger charge is -2.34. The number of aromatic nitrogens is 3. The Balaban J connectivity index is 1.30. The standard InChI is InChI=1S/C34H37F2N5O4.Al/c1-5-13-40(4)32-26-17-37-30(25-16-23(43)15-21-8-9-27(35)24(6-2)28(21)25)29(36)31(26)38-33(39-32)45-19-34-11-7-14-41(34)22(10-12-34)18-44-20(3)42;/h8-9,15-17,22,43H,1,4-7,10-14,18-19H2,2-3H3;. The number of benzene rings is 2. The third kappa shape index (κ3) is 5.54. The maximum atomic E-state index is 16.8. The maximum absolute atomic E-state index is 16.8. The number of aromatic hydroxyl groups is 1. The first-order valence-electron chi connectivity index (χ1n) is 16.2. The number of rotatable bonds is 8. The number of hydrogen-bond donors (Lipinski definition) is 1. The minimum absolute atomic E-state index is 0.0155. The van der Waals surface area contributed by atoms with Crippen molar-refractivity contribution in [2.75, 3.05) is 36.6 Å². The topological polar surface area (TPSA) is 101 Å². The lowest BCUT2D eigenvalue weighted by molar-refractivity contribution is -0.142. The molecule has 3 saturated heterocycles. The molecule has 9 nitrogen and oxygen atoms in total. The number of carbonyl (C=O) groups is 1. The van der Waals surface area contributed by atoms with Gasteiger partial charge >= 0.3 is 12.0 Å². The second-order valence-electron chi connectivity index (χ2n) is 12.7. The summed E-state index contributed by atoms with van der Waals surface area (Å²) in [4.78, 5) is 30.1. The molecule has 0 amide bonds. The Morgan fingerprint density at radius 3 is 2.83 bits per heavy atom. The highest BCUT2D eigenvalue weighted by Gasteiger charge is 2.50. The highest BCUT2D eigenvalue weighted by atomic mass is 27.1. The Labute approximate surface area is 272 Å². The molecule has 46 heavy (non-hydrogen) atoms. The van der Waals surface area contributed by atoms with Crippen molar-refractivity contribution in [2.45, 2.75) is 69.2 Å². The summed E-state index contributed by atoms with van der Waals surface area (Å²) in [5, 5.41) is 14.2. The van der Waals surface area contributed by atoms with Crippen LogP contribution in [0.4, 0.5) is 14.6 Å². The Bertz CT molecular complexity index is 1820. The second-order valence-corrected chi connectivity index (χ2v) is 14.2. The highest BCUT2D eigenvalue weighted by molar-refractivity contribution is 6.37. The molecule has 5 heterocycles. The van der Waals surface area contributed by atoms with Crippen molar-refractivity contribution in [3.05, 3.63) is 47.7 Å². The molecule has 2 atom stereocenters. The van der Waals surface area contributed by atoms with Gasteiger partial charge in [0.15, 0.2) is 5.82 Å². The van der Waals surface area contributed by atoms with Gasteiger partial charge in [-0.2, -0.15) is 9.97 Å². The van der Waals surface area contributed by atoms with Gasteiger partial charge in [0.1, 0.15) is 41.8 Å². The summed E-state index contributed by atoms with van der Waals surface area (Å²) in [6.45, 7) is 5.68. The van der Waals surface area contributed by atoms with Gasteiger partial charge in [0.05, 0.1) is 10.9 Å². The molecule has 12 heteroatoms. The smallest absolute Gasteiger partial charge is 0.319 e. The number of carbonyl (C=O) groups excluding carboxylic acids is 1. The van der Waals surface area contributed by atoms with Crippen LogP contribution in [-0.2, 0) is 16.0 Å². The van der Waals surface area contributed by atoms with E-state index in [4.69, 9.17) is 14.5 Å². The molecule has 239 valence electrons.